The van der Waals surface area contributed by atoms with Crippen molar-refractivity contribution in [1.82, 2.24) is 4.90 Å². The number of hydrogen-bond acceptors (Lipinski definition) is 2. The van der Waals surface area contributed by atoms with Crippen LogP contribution >= 0.6 is 0 Å². The third-order valence-electron chi connectivity index (χ3n) is 2.38. The fraction of sp³-hybridized carbons (Fsp3) is 0.875. The normalized spacial score (nSPS) is 24.1. The molecule has 82 valence electrons. The maximum Gasteiger partial charge on any atom is 0.393 e. The van der Waals surface area contributed by atoms with Crippen molar-refractivity contribution < 1.29 is 23.1 Å². The van der Waals surface area contributed by atoms with E-state index in [1.54, 1.807) is 4.90 Å². The molecule has 1 fully saturated rings. The molecule has 1 N–H and O–H groups in total. The first-order valence-electron chi connectivity index (χ1n) is 4.40. The molecular weight excluding hydrogens is 199 g/mol. The molecule has 0 aromatic rings. The van der Waals surface area contributed by atoms with Crippen molar-refractivity contribution in [2.75, 3.05) is 19.6 Å². The summed E-state index contributed by atoms with van der Waals surface area (Å²) < 4.78 is 36.6. The summed E-state index contributed by atoms with van der Waals surface area (Å²) in [5, 5.41) is 8.35. The lowest BCUT2D eigenvalue weighted by Crippen LogP contribution is -2.28. The Hall–Kier alpha value is -0.780. The Balaban J connectivity index is 2.31. The van der Waals surface area contributed by atoms with Crippen LogP contribution in [0.25, 0.3) is 0 Å². The van der Waals surface area contributed by atoms with Gasteiger partial charge in [0.1, 0.15) is 0 Å². The van der Waals surface area contributed by atoms with Gasteiger partial charge in [-0.05, 0) is 13.0 Å². The van der Waals surface area contributed by atoms with E-state index in [0.29, 0.717) is 6.54 Å². The van der Waals surface area contributed by atoms with Crippen molar-refractivity contribution in [2.45, 2.75) is 19.0 Å². The summed E-state index contributed by atoms with van der Waals surface area (Å²) in [4.78, 5) is 11.7. The van der Waals surface area contributed by atoms with Crippen molar-refractivity contribution in [3.63, 3.8) is 0 Å². The SMILES string of the molecule is O=C(O)CCN1CC[C@H](C(F)(F)F)C1. The first kappa shape index (κ1) is 11.3. The first-order valence-corrected chi connectivity index (χ1v) is 4.40. The van der Waals surface area contributed by atoms with E-state index in [9.17, 15) is 18.0 Å². The van der Waals surface area contributed by atoms with Crippen LogP contribution in [-0.2, 0) is 4.79 Å². The van der Waals surface area contributed by atoms with Crippen molar-refractivity contribution in [3.8, 4) is 0 Å². The van der Waals surface area contributed by atoms with E-state index in [-0.39, 0.29) is 25.9 Å². The average Bonchev–Trinajstić information content (AvgIpc) is 2.47. The lowest BCUT2D eigenvalue weighted by Gasteiger charge is -2.16. The molecule has 1 rings (SSSR count). The summed E-state index contributed by atoms with van der Waals surface area (Å²) in [6.07, 6.45) is -4.15. The molecule has 1 aliphatic rings. The van der Waals surface area contributed by atoms with E-state index in [2.05, 4.69) is 0 Å². The first-order chi connectivity index (χ1) is 6.39. The molecule has 0 bridgehead atoms. The molecule has 0 unspecified atom stereocenters. The van der Waals surface area contributed by atoms with E-state index in [1.165, 1.54) is 0 Å². The summed E-state index contributed by atoms with van der Waals surface area (Å²) in [5.41, 5.74) is 0. The van der Waals surface area contributed by atoms with E-state index in [4.69, 9.17) is 5.11 Å². The van der Waals surface area contributed by atoms with Gasteiger partial charge in [-0.2, -0.15) is 13.2 Å². The number of nitrogens with zero attached hydrogens (tertiary/aromatic N) is 1. The van der Waals surface area contributed by atoms with E-state index >= 15 is 0 Å². The number of halogens is 3. The molecule has 0 spiro atoms. The monoisotopic (exact) mass is 211 g/mol. The van der Waals surface area contributed by atoms with Crippen molar-refractivity contribution >= 4 is 5.97 Å². The lowest BCUT2D eigenvalue weighted by molar-refractivity contribution is -0.170. The van der Waals surface area contributed by atoms with Gasteiger partial charge in [-0.1, -0.05) is 0 Å². The molecule has 0 saturated carbocycles. The minimum absolute atomic E-state index is 0.0588. The van der Waals surface area contributed by atoms with Gasteiger partial charge in [-0.3, -0.25) is 4.79 Å². The maximum atomic E-state index is 12.2. The van der Waals surface area contributed by atoms with Crippen LogP contribution in [0.2, 0.25) is 0 Å². The van der Waals surface area contributed by atoms with Gasteiger partial charge in [0.25, 0.3) is 0 Å². The van der Waals surface area contributed by atoms with E-state index < -0.39 is 18.1 Å². The second kappa shape index (κ2) is 4.16. The van der Waals surface area contributed by atoms with Crippen LogP contribution in [0.5, 0.6) is 0 Å². The molecule has 0 amide bonds. The van der Waals surface area contributed by atoms with Crippen molar-refractivity contribution in [2.24, 2.45) is 5.92 Å². The minimum atomic E-state index is -4.14. The van der Waals surface area contributed by atoms with Crippen LogP contribution < -0.4 is 0 Å². The molecule has 0 aromatic carbocycles. The maximum absolute atomic E-state index is 12.2. The molecule has 3 nitrogen and oxygen atoms in total. The van der Waals surface area contributed by atoms with Gasteiger partial charge >= 0.3 is 12.1 Å². The van der Waals surface area contributed by atoms with E-state index in [1.807, 2.05) is 0 Å². The molecular formula is C8H12F3NO2. The Kier molecular flexibility index (Phi) is 3.36. The summed E-state index contributed by atoms with van der Waals surface area (Å²) in [6, 6.07) is 0. The zero-order valence-electron chi connectivity index (χ0n) is 7.55. The highest BCUT2D eigenvalue weighted by atomic mass is 19.4. The number of carboxylic acid groups (broad SMARTS) is 1. The highest BCUT2D eigenvalue weighted by Crippen LogP contribution is 2.33. The average molecular weight is 211 g/mol. The third kappa shape index (κ3) is 3.17. The Morgan fingerprint density at radius 1 is 1.50 bits per heavy atom. The van der Waals surface area contributed by atoms with Crippen LogP contribution in [0.4, 0.5) is 13.2 Å². The Labute approximate surface area is 79.5 Å². The van der Waals surface area contributed by atoms with Crippen LogP contribution in [0, 0.1) is 5.92 Å². The number of rotatable bonds is 3. The minimum Gasteiger partial charge on any atom is -0.481 e. The van der Waals surface area contributed by atoms with Gasteiger partial charge in [-0.25, -0.2) is 0 Å². The van der Waals surface area contributed by atoms with Gasteiger partial charge in [0.15, 0.2) is 0 Å². The number of hydrogen-bond donors (Lipinski definition) is 1. The molecule has 1 saturated heterocycles. The highest BCUT2D eigenvalue weighted by molar-refractivity contribution is 5.66. The largest absolute Gasteiger partial charge is 0.481 e. The zero-order chi connectivity index (χ0) is 10.8. The Morgan fingerprint density at radius 3 is 2.57 bits per heavy atom. The smallest absolute Gasteiger partial charge is 0.393 e. The van der Waals surface area contributed by atoms with Gasteiger partial charge in [-0.15, -0.1) is 0 Å². The second-order valence-corrected chi connectivity index (χ2v) is 3.47. The number of aliphatic carboxylic acids is 1. The lowest BCUT2D eigenvalue weighted by atomic mass is 10.1. The topological polar surface area (TPSA) is 40.5 Å². The number of alkyl halides is 3. The summed E-state index contributed by atoms with van der Waals surface area (Å²) in [7, 11) is 0. The third-order valence-corrected chi connectivity index (χ3v) is 2.38. The van der Waals surface area contributed by atoms with E-state index in [0.717, 1.165) is 0 Å². The molecule has 0 aromatic heterocycles. The number of likely N-dealkylation sites (tertiary alicyclic amines) is 1. The molecule has 0 aliphatic carbocycles. The predicted octanol–water partition coefficient (Wildman–Crippen LogP) is 1.35. The zero-order valence-corrected chi connectivity index (χ0v) is 7.55. The molecule has 0 radical (unpaired) electrons. The van der Waals surface area contributed by atoms with Gasteiger partial charge in [0.2, 0.25) is 0 Å². The van der Waals surface area contributed by atoms with Crippen molar-refractivity contribution in [3.05, 3.63) is 0 Å². The quantitative estimate of drug-likeness (QED) is 0.765. The summed E-state index contributed by atoms with van der Waals surface area (Å²) >= 11 is 0. The van der Waals surface area contributed by atoms with Gasteiger partial charge in [0, 0.05) is 13.1 Å². The number of carboxylic acids is 1. The highest BCUT2D eigenvalue weighted by Gasteiger charge is 2.43. The molecule has 1 aliphatic heterocycles. The van der Waals surface area contributed by atoms with Crippen LogP contribution in [0.3, 0.4) is 0 Å². The molecule has 6 heteroatoms. The Bertz CT molecular complexity index is 217. The summed E-state index contributed by atoms with van der Waals surface area (Å²) in [5.74, 6) is -2.25. The fourth-order valence-corrected chi connectivity index (χ4v) is 1.56. The van der Waals surface area contributed by atoms with Gasteiger partial charge in [0.05, 0.1) is 12.3 Å². The van der Waals surface area contributed by atoms with Crippen LogP contribution in [0.1, 0.15) is 12.8 Å². The standard InChI is InChI=1S/C8H12F3NO2/c9-8(10,11)6-1-3-12(5-6)4-2-7(13)14/h6H,1-5H2,(H,13,14)/t6-/m0/s1. The van der Waals surface area contributed by atoms with Crippen LogP contribution in [0.15, 0.2) is 0 Å². The van der Waals surface area contributed by atoms with Gasteiger partial charge < -0.3 is 10.0 Å². The summed E-state index contributed by atoms with van der Waals surface area (Å²) in [6.45, 7) is 0.496. The molecule has 1 heterocycles. The number of carbonyl (C=O) groups is 1. The molecule has 1 atom stereocenters. The Morgan fingerprint density at radius 2 is 2.14 bits per heavy atom. The second-order valence-electron chi connectivity index (χ2n) is 3.47. The molecule has 14 heavy (non-hydrogen) atoms. The predicted molar refractivity (Wildman–Crippen MR) is 42.9 cm³/mol. The van der Waals surface area contributed by atoms with Crippen LogP contribution in [-0.4, -0.2) is 41.8 Å². The van der Waals surface area contributed by atoms with Crippen molar-refractivity contribution in [1.29, 1.82) is 0 Å². The fourth-order valence-electron chi connectivity index (χ4n) is 1.56.